The van der Waals surface area contributed by atoms with Gasteiger partial charge >= 0.3 is 0 Å². The predicted molar refractivity (Wildman–Crippen MR) is 208 cm³/mol. The molecule has 3 aromatic carbocycles. The molecule has 0 spiro atoms. The van der Waals surface area contributed by atoms with Crippen LogP contribution in [-0.4, -0.2) is 15.9 Å². The number of aliphatic hydroxyl groups excluding tert-OH is 1. The molecule has 6 rings (SSSR count). The van der Waals surface area contributed by atoms with E-state index in [1.54, 1.807) is 0 Å². The van der Waals surface area contributed by atoms with Crippen molar-refractivity contribution >= 4 is 38.5 Å². The molecule has 51 heavy (non-hydrogen) atoms. The van der Waals surface area contributed by atoms with Crippen molar-refractivity contribution in [3.05, 3.63) is 102 Å². The van der Waals surface area contributed by atoms with Crippen LogP contribution in [-0.2, 0) is 30.3 Å². The number of aliphatic hydroxyl groups is 1. The molecule has 0 aliphatic carbocycles. The SMILES string of the molecule is CCC(C)(CC)C(=O)/C=C(\O)C(C)(CC)CC.Cc1c(-c2cc3ccccc3o2)oc2c(-c3[c-]c4ccccc4c(C(C)(C)C)c3)nccc12.[Ir]. The van der Waals surface area contributed by atoms with E-state index in [9.17, 15) is 9.90 Å². The number of ketones is 1. The summed E-state index contributed by atoms with van der Waals surface area (Å²) >= 11 is 0. The molecule has 5 nitrogen and oxygen atoms in total. The zero-order valence-electron chi connectivity index (χ0n) is 31.8. The molecule has 3 aromatic heterocycles. The fourth-order valence-corrected chi connectivity index (χ4v) is 6.33. The first-order valence-electron chi connectivity index (χ1n) is 18.0. The molecule has 3 heterocycles. The number of para-hydroxylation sites is 1. The van der Waals surface area contributed by atoms with Gasteiger partial charge in [0.25, 0.3) is 0 Å². The zero-order valence-corrected chi connectivity index (χ0v) is 34.2. The quantitative estimate of drug-likeness (QED) is 0.0890. The van der Waals surface area contributed by atoms with Gasteiger partial charge in [0, 0.05) is 65.2 Å². The standard InChI is InChI=1S/C30H24NO2.C15H28O2.Ir/c1-18-22-13-14-31-27(21-15-19-9-5-7-11-23(19)24(16-21)30(2,3)4)29(22)33-28(18)26-17-20-10-6-8-12-25(20)32-26;1-7-14(5,8-2)12(16)11-13(17)15(6,9-3)10-4;/h5-14,16-17H,1-4H3;11,16H,7-10H2,1-6H3;/q-1;;/b;12-11-;. The molecule has 1 N–H and O–H groups in total. The molecule has 0 saturated carbocycles. The maximum Gasteiger partial charge on any atom is 0.172 e. The normalized spacial score (nSPS) is 12.5. The Hall–Kier alpha value is -3.99. The van der Waals surface area contributed by atoms with Crippen molar-refractivity contribution < 1.29 is 38.8 Å². The summed E-state index contributed by atoms with van der Waals surface area (Å²) in [5, 5.41) is 14.5. The number of benzene rings is 3. The summed E-state index contributed by atoms with van der Waals surface area (Å²) in [5.41, 5.74) is 5.05. The summed E-state index contributed by atoms with van der Waals surface area (Å²) in [5.74, 6) is 1.76. The second kappa shape index (κ2) is 15.7. The monoisotopic (exact) mass is 863 g/mol. The summed E-state index contributed by atoms with van der Waals surface area (Å²) < 4.78 is 12.6. The maximum atomic E-state index is 12.2. The molecule has 0 bridgehead atoms. The van der Waals surface area contributed by atoms with Crippen LogP contribution < -0.4 is 0 Å². The summed E-state index contributed by atoms with van der Waals surface area (Å²) in [4.78, 5) is 16.9. The summed E-state index contributed by atoms with van der Waals surface area (Å²) in [6, 6.07) is 26.3. The van der Waals surface area contributed by atoms with Crippen LogP contribution in [0.1, 0.15) is 99.1 Å². The van der Waals surface area contributed by atoms with Crippen molar-refractivity contribution in [2.45, 2.75) is 100 Å². The minimum absolute atomic E-state index is 0. The number of nitrogens with zero attached hydrogens (tertiary/aromatic N) is 1. The second-order valence-electron chi connectivity index (χ2n) is 15.1. The largest absolute Gasteiger partial charge is 0.512 e. The molecule has 0 atom stereocenters. The predicted octanol–water partition coefficient (Wildman–Crippen LogP) is 13.1. The number of furan rings is 2. The van der Waals surface area contributed by atoms with E-state index in [2.05, 4.69) is 64.1 Å². The number of rotatable bonds is 9. The smallest absolute Gasteiger partial charge is 0.172 e. The van der Waals surface area contributed by atoms with Crippen LogP contribution in [0.5, 0.6) is 0 Å². The van der Waals surface area contributed by atoms with Crippen molar-refractivity contribution in [2.24, 2.45) is 10.8 Å². The van der Waals surface area contributed by atoms with Crippen LogP contribution >= 0.6 is 0 Å². The second-order valence-corrected chi connectivity index (χ2v) is 15.1. The molecule has 271 valence electrons. The maximum absolute atomic E-state index is 12.2. The minimum atomic E-state index is -0.337. The van der Waals surface area contributed by atoms with Crippen molar-refractivity contribution in [1.29, 1.82) is 0 Å². The average molecular weight is 863 g/mol. The Morgan fingerprint density at radius 3 is 2.08 bits per heavy atom. The van der Waals surface area contributed by atoms with Gasteiger partial charge in [-0.25, -0.2) is 0 Å². The van der Waals surface area contributed by atoms with Gasteiger partial charge in [-0.2, -0.15) is 0 Å². The van der Waals surface area contributed by atoms with E-state index in [1.165, 1.54) is 17.0 Å². The van der Waals surface area contributed by atoms with Crippen LogP contribution in [0.25, 0.3) is 55.5 Å². The molecule has 1 radical (unpaired) electrons. The topological polar surface area (TPSA) is 76.5 Å². The van der Waals surface area contributed by atoms with Gasteiger partial charge in [0.05, 0.1) is 0 Å². The Bertz CT molecular complexity index is 2140. The first kappa shape index (κ1) is 39.8. The number of fused-ring (bicyclic) bond motifs is 3. The van der Waals surface area contributed by atoms with Crippen molar-refractivity contribution in [2.75, 3.05) is 0 Å². The van der Waals surface area contributed by atoms with Gasteiger partial charge in [0.2, 0.25) is 0 Å². The van der Waals surface area contributed by atoms with Crippen molar-refractivity contribution in [3.8, 4) is 22.8 Å². The average Bonchev–Trinajstić information content (AvgIpc) is 3.71. The third-order valence-electron chi connectivity index (χ3n) is 10.9. The van der Waals surface area contributed by atoms with Crippen LogP contribution in [0.4, 0.5) is 0 Å². The van der Waals surface area contributed by atoms with Gasteiger partial charge in [0.1, 0.15) is 16.9 Å². The van der Waals surface area contributed by atoms with Crippen LogP contribution in [0.3, 0.4) is 0 Å². The molecular weight excluding hydrogens is 811 g/mol. The van der Waals surface area contributed by atoms with Gasteiger partial charge < -0.3 is 13.9 Å². The molecule has 6 heteroatoms. The molecule has 0 unspecified atom stereocenters. The van der Waals surface area contributed by atoms with Gasteiger partial charge in [-0.15, -0.1) is 29.1 Å². The molecule has 0 saturated heterocycles. The van der Waals surface area contributed by atoms with Gasteiger partial charge in [-0.3, -0.25) is 9.78 Å². The van der Waals surface area contributed by atoms with Crippen LogP contribution in [0.15, 0.2) is 93.6 Å². The Balaban J connectivity index is 0.000000279. The van der Waals surface area contributed by atoms with E-state index < -0.39 is 0 Å². The van der Waals surface area contributed by atoms with Gasteiger partial charge in [-0.05, 0) is 56.2 Å². The van der Waals surface area contributed by atoms with Gasteiger partial charge in [0.15, 0.2) is 17.3 Å². The van der Waals surface area contributed by atoms with E-state index >= 15 is 0 Å². The third kappa shape index (κ3) is 7.93. The fourth-order valence-electron chi connectivity index (χ4n) is 6.33. The van der Waals surface area contributed by atoms with E-state index in [0.29, 0.717) is 0 Å². The molecule has 0 amide bonds. The number of carbonyl (C=O) groups excluding carboxylic acids is 1. The van der Waals surface area contributed by atoms with Gasteiger partial charge in [-0.1, -0.05) is 110 Å². The fraction of sp³-hybridized carbons (Fsp3) is 0.378. The van der Waals surface area contributed by atoms with Crippen molar-refractivity contribution in [3.63, 3.8) is 0 Å². The zero-order chi connectivity index (χ0) is 36.4. The number of carbonyl (C=O) groups is 1. The number of hydrogen-bond donors (Lipinski definition) is 1. The molecule has 0 aliphatic heterocycles. The first-order valence-corrected chi connectivity index (χ1v) is 18.0. The number of hydrogen-bond acceptors (Lipinski definition) is 5. The Morgan fingerprint density at radius 2 is 1.45 bits per heavy atom. The number of pyridine rings is 1. The third-order valence-corrected chi connectivity index (χ3v) is 10.9. The minimum Gasteiger partial charge on any atom is -0.512 e. The Kier molecular flexibility index (Phi) is 12.3. The van der Waals surface area contributed by atoms with E-state index in [-0.39, 0.29) is 47.9 Å². The molecule has 0 aliphatic rings. The van der Waals surface area contributed by atoms with E-state index in [1.807, 2.05) is 84.1 Å². The summed E-state index contributed by atoms with van der Waals surface area (Å²) in [6.45, 7) is 20.9. The van der Waals surface area contributed by atoms with Crippen LogP contribution in [0, 0.1) is 23.8 Å². The summed E-state index contributed by atoms with van der Waals surface area (Å²) in [7, 11) is 0. The number of aryl methyl sites for hydroxylation is 1. The Labute approximate surface area is 316 Å². The Morgan fingerprint density at radius 1 is 0.824 bits per heavy atom. The summed E-state index contributed by atoms with van der Waals surface area (Å²) in [6.07, 6.45) is 6.60. The van der Waals surface area contributed by atoms with Crippen molar-refractivity contribution in [1.82, 2.24) is 4.98 Å². The molecular formula is C45H52IrNO4-. The first-order chi connectivity index (χ1) is 23.7. The molecule has 6 aromatic rings. The number of aromatic nitrogens is 1. The van der Waals surface area contributed by atoms with E-state index in [4.69, 9.17) is 13.8 Å². The molecule has 0 fully saturated rings. The van der Waals surface area contributed by atoms with E-state index in [0.717, 1.165) is 81.3 Å². The van der Waals surface area contributed by atoms with Crippen LogP contribution in [0.2, 0.25) is 0 Å². The number of allylic oxidation sites excluding steroid dienone is 2.